The van der Waals surface area contributed by atoms with Crippen molar-refractivity contribution in [2.45, 2.75) is 13.0 Å². The average Bonchev–Trinajstić information content (AvgIpc) is 3.16. The first-order chi connectivity index (χ1) is 10.2. The van der Waals surface area contributed by atoms with Crippen LogP contribution < -0.4 is 0 Å². The number of furan rings is 1. The van der Waals surface area contributed by atoms with Crippen LogP contribution in [0.25, 0.3) is 11.6 Å². The first kappa shape index (κ1) is 13.2. The minimum absolute atomic E-state index is 0.105. The summed E-state index contributed by atoms with van der Waals surface area (Å²) >= 11 is 0. The zero-order chi connectivity index (χ0) is 14.7. The highest BCUT2D eigenvalue weighted by Gasteiger charge is 2.10. The van der Waals surface area contributed by atoms with Gasteiger partial charge in [0.15, 0.2) is 11.5 Å². The summed E-state index contributed by atoms with van der Waals surface area (Å²) in [6.45, 7) is 0.296. The van der Waals surface area contributed by atoms with E-state index >= 15 is 0 Å². The topological polar surface area (TPSA) is 73.8 Å². The molecule has 0 spiro atoms. The number of aromatic nitrogens is 4. The summed E-state index contributed by atoms with van der Waals surface area (Å²) in [5.74, 6) is 0.416. The Morgan fingerprint density at radius 1 is 1.24 bits per heavy atom. The molecule has 7 heteroatoms. The van der Waals surface area contributed by atoms with Gasteiger partial charge in [-0.05, 0) is 41.6 Å². The first-order valence-electron chi connectivity index (χ1n) is 6.33. The quantitative estimate of drug-likeness (QED) is 0.673. The van der Waals surface area contributed by atoms with E-state index in [0.717, 1.165) is 0 Å². The second-order valence-corrected chi connectivity index (χ2v) is 4.37. The molecule has 21 heavy (non-hydrogen) atoms. The van der Waals surface area contributed by atoms with E-state index < -0.39 is 0 Å². The van der Waals surface area contributed by atoms with Gasteiger partial charge in [-0.1, -0.05) is 0 Å². The van der Waals surface area contributed by atoms with Gasteiger partial charge in [0.1, 0.15) is 5.82 Å². The van der Waals surface area contributed by atoms with Crippen LogP contribution in [0.5, 0.6) is 0 Å². The van der Waals surface area contributed by atoms with Crippen molar-refractivity contribution >= 4 is 5.78 Å². The van der Waals surface area contributed by atoms with Gasteiger partial charge in [0, 0.05) is 12.0 Å². The molecule has 6 nitrogen and oxygen atoms in total. The lowest BCUT2D eigenvalue weighted by atomic mass is 10.1. The molecule has 0 aliphatic rings. The standard InChI is InChI=1S/C14H11FN4O2/c15-11-5-3-10(4-6-11)12(20)7-8-19-17-14(16-18-19)13-2-1-9-21-13/h1-6,9H,7-8H2. The van der Waals surface area contributed by atoms with Crippen LogP contribution in [0.15, 0.2) is 47.1 Å². The number of benzene rings is 1. The highest BCUT2D eigenvalue weighted by molar-refractivity contribution is 5.95. The second-order valence-electron chi connectivity index (χ2n) is 4.37. The van der Waals surface area contributed by atoms with Gasteiger partial charge >= 0.3 is 0 Å². The van der Waals surface area contributed by atoms with Crippen molar-refractivity contribution in [3.05, 3.63) is 54.0 Å². The molecule has 2 heterocycles. The molecule has 106 valence electrons. The SMILES string of the molecule is O=C(CCn1nnc(-c2ccco2)n1)c1ccc(F)cc1. The second kappa shape index (κ2) is 5.66. The number of rotatable bonds is 5. The van der Waals surface area contributed by atoms with Gasteiger partial charge < -0.3 is 4.42 Å². The third kappa shape index (κ3) is 3.02. The van der Waals surface area contributed by atoms with E-state index in [1.165, 1.54) is 35.3 Å². The number of aryl methyl sites for hydroxylation is 1. The summed E-state index contributed by atoms with van der Waals surface area (Å²) in [6.07, 6.45) is 1.73. The van der Waals surface area contributed by atoms with Gasteiger partial charge in [-0.2, -0.15) is 4.80 Å². The van der Waals surface area contributed by atoms with Gasteiger partial charge in [0.2, 0.25) is 5.82 Å². The van der Waals surface area contributed by atoms with E-state index in [2.05, 4.69) is 15.4 Å². The predicted molar refractivity (Wildman–Crippen MR) is 70.9 cm³/mol. The van der Waals surface area contributed by atoms with Crippen LogP contribution in [-0.4, -0.2) is 26.0 Å². The van der Waals surface area contributed by atoms with Crippen LogP contribution in [-0.2, 0) is 6.54 Å². The molecule has 0 saturated carbocycles. The molecule has 1 aromatic carbocycles. The van der Waals surface area contributed by atoms with E-state index in [9.17, 15) is 9.18 Å². The maximum atomic E-state index is 12.8. The summed E-state index contributed by atoms with van der Waals surface area (Å²) in [7, 11) is 0. The summed E-state index contributed by atoms with van der Waals surface area (Å²) < 4.78 is 17.9. The third-order valence-electron chi connectivity index (χ3n) is 2.90. The van der Waals surface area contributed by atoms with Gasteiger partial charge in [0.05, 0.1) is 12.8 Å². The molecule has 0 N–H and O–H groups in total. The van der Waals surface area contributed by atoms with Gasteiger partial charge in [0.25, 0.3) is 0 Å². The molecule has 0 unspecified atom stereocenters. The largest absolute Gasteiger partial charge is 0.461 e. The Labute approximate surface area is 119 Å². The van der Waals surface area contributed by atoms with Crippen molar-refractivity contribution < 1.29 is 13.6 Å². The summed E-state index contributed by atoms with van der Waals surface area (Å²) in [5, 5.41) is 11.8. The summed E-state index contributed by atoms with van der Waals surface area (Å²) in [5.41, 5.74) is 0.461. The number of carbonyl (C=O) groups is 1. The minimum Gasteiger partial charge on any atom is -0.461 e. The molecule has 2 aromatic heterocycles. The molecule has 0 aliphatic carbocycles. The first-order valence-corrected chi connectivity index (χ1v) is 6.33. The maximum Gasteiger partial charge on any atom is 0.240 e. The van der Waals surface area contributed by atoms with E-state index in [4.69, 9.17) is 4.42 Å². The summed E-state index contributed by atoms with van der Waals surface area (Å²) in [4.78, 5) is 13.3. The Bertz CT molecular complexity index is 735. The van der Waals surface area contributed by atoms with Crippen molar-refractivity contribution in [1.82, 2.24) is 20.2 Å². The van der Waals surface area contributed by atoms with Crippen LogP contribution in [0.2, 0.25) is 0 Å². The number of tetrazole rings is 1. The van der Waals surface area contributed by atoms with Crippen molar-refractivity contribution in [3.63, 3.8) is 0 Å². The Balaban J connectivity index is 1.62. The summed E-state index contributed by atoms with van der Waals surface area (Å²) in [6, 6.07) is 8.90. The van der Waals surface area contributed by atoms with Gasteiger partial charge in [-0.15, -0.1) is 10.2 Å². The molecular weight excluding hydrogens is 275 g/mol. The number of ketones is 1. The molecule has 0 amide bonds. The molecule has 0 radical (unpaired) electrons. The van der Waals surface area contributed by atoms with Crippen LogP contribution in [0, 0.1) is 5.82 Å². The van der Waals surface area contributed by atoms with Crippen LogP contribution in [0.3, 0.4) is 0 Å². The smallest absolute Gasteiger partial charge is 0.240 e. The Kier molecular flexibility index (Phi) is 3.55. The van der Waals surface area contributed by atoms with Crippen molar-refractivity contribution in [2.75, 3.05) is 0 Å². The Hall–Kier alpha value is -2.83. The molecular formula is C14H11FN4O2. The fraction of sp³-hybridized carbons (Fsp3) is 0.143. The van der Waals surface area contributed by atoms with E-state index in [-0.39, 0.29) is 18.0 Å². The number of Topliss-reactive ketones (excluding diaryl/α,β-unsaturated/α-hetero) is 1. The monoisotopic (exact) mass is 286 g/mol. The normalized spacial score (nSPS) is 10.7. The molecule has 0 atom stereocenters. The van der Waals surface area contributed by atoms with E-state index in [1.807, 2.05) is 0 Å². The molecule has 3 aromatic rings. The zero-order valence-corrected chi connectivity index (χ0v) is 10.9. The van der Waals surface area contributed by atoms with Crippen molar-refractivity contribution in [2.24, 2.45) is 0 Å². The Morgan fingerprint density at radius 2 is 2.05 bits per heavy atom. The predicted octanol–water partition coefficient (Wildman–Crippen LogP) is 2.35. The number of hydrogen-bond donors (Lipinski definition) is 0. The number of carbonyl (C=O) groups excluding carboxylic acids is 1. The fourth-order valence-corrected chi connectivity index (χ4v) is 1.82. The van der Waals surface area contributed by atoms with Crippen molar-refractivity contribution in [3.8, 4) is 11.6 Å². The molecule has 3 rings (SSSR count). The molecule has 0 aliphatic heterocycles. The third-order valence-corrected chi connectivity index (χ3v) is 2.90. The van der Waals surface area contributed by atoms with E-state index in [0.29, 0.717) is 23.7 Å². The minimum atomic E-state index is -0.368. The average molecular weight is 286 g/mol. The fourth-order valence-electron chi connectivity index (χ4n) is 1.82. The lowest BCUT2D eigenvalue weighted by Crippen LogP contribution is -2.08. The van der Waals surface area contributed by atoms with Gasteiger partial charge in [-0.3, -0.25) is 4.79 Å². The maximum absolute atomic E-state index is 12.8. The zero-order valence-electron chi connectivity index (χ0n) is 10.9. The number of hydrogen-bond acceptors (Lipinski definition) is 5. The van der Waals surface area contributed by atoms with Crippen molar-refractivity contribution in [1.29, 1.82) is 0 Å². The Morgan fingerprint density at radius 3 is 2.76 bits per heavy atom. The highest BCUT2D eigenvalue weighted by atomic mass is 19.1. The number of nitrogens with zero attached hydrogens (tertiary/aromatic N) is 4. The lowest BCUT2D eigenvalue weighted by Gasteiger charge is -2.00. The van der Waals surface area contributed by atoms with E-state index in [1.54, 1.807) is 12.1 Å². The van der Waals surface area contributed by atoms with Crippen LogP contribution in [0.4, 0.5) is 4.39 Å². The highest BCUT2D eigenvalue weighted by Crippen LogP contribution is 2.13. The van der Waals surface area contributed by atoms with Gasteiger partial charge in [-0.25, -0.2) is 4.39 Å². The molecule has 0 saturated heterocycles. The molecule has 0 bridgehead atoms. The lowest BCUT2D eigenvalue weighted by molar-refractivity contribution is 0.0973. The number of halogens is 1. The molecule has 0 fully saturated rings. The van der Waals surface area contributed by atoms with Crippen LogP contribution in [0.1, 0.15) is 16.8 Å². The van der Waals surface area contributed by atoms with Crippen LogP contribution >= 0.6 is 0 Å².